The van der Waals surface area contributed by atoms with Crippen molar-refractivity contribution in [2.24, 2.45) is 0 Å². The molecule has 1 aliphatic carbocycles. The number of aryl methyl sites for hydroxylation is 1. The van der Waals surface area contributed by atoms with E-state index in [0.717, 1.165) is 44.5 Å². The fraction of sp³-hybridized carbons (Fsp3) is 0.688. The molecule has 0 aromatic carbocycles. The van der Waals surface area contributed by atoms with Gasteiger partial charge in [-0.3, -0.25) is 4.79 Å². The first-order chi connectivity index (χ1) is 10.6. The molecule has 1 amide bonds. The van der Waals surface area contributed by atoms with Crippen molar-refractivity contribution in [3.05, 3.63) is 17.5 Å². The van der Waals surface area contributed by atoms with Crippen LogP contribution in [0.1, 0.15) is 43.9 Å². The van der Waals surface area contributed by atoms with E-state index in [1.807, 2.05) is 18.0 Å². The average molecular weight is 304 g/mol. The van der Waals surface area contributed by atoms with Crippen LogP contribution in [0.3, 0.4) is 0 Å². The molecule has 1 saturated heterocycles. The van der Waals surface area contributed by atoms with Gasteiger partial charge in [0, 0.05) is 31.3 Å². The van der Waals surface area contributed by atoms with E-state index in [4.69, 9.17) is 10.5 Å². The summed E-state index contributed by atoms with van der Waals surface area (Å²) in [6, 6.07) is 0. The Morgan fingerprint density at radius 1 is 1.50 bits per heavy atom. The minimum absolute atomic E-state index is 0.0219. The number of carbonyl (C=O) groups excluding carboxylic acids is 1. The van der Waals surface area contributed by atoms with E-state index in [1.54, 1.807) is 0 Å². The molecule has 1 spiro atoms. The molecule has 3 rings (SSSR count). The van der Waals surface area contributed by atoms with Crippen molar-refractivity contribution in [1.29, 1.82) is 0 Å². The standard InChI is InChI=1S/C16H24N4O2/c1-2-22-9-5-13(21)20-8-3-6-16(11-20)7-4-12-10-18-15(17)19-14(12)16/h10H,2-9,11H2,1H3,(H2,17,18,19). The highest BCUT2D eigenvalue weighted by Gasteiger charge is 2.44. The van der Waals surface area contributed by atoms with Gasteiger partial charge in [-0.2, -0.15) is 0 Å². The molecule has 22 heavy (non-hydrogen) atoms. The van der Waals surface area contributed by atoms with Gasteiger partial charge in [-0.1, -0.05) is 0 Å². The molecular weight excluding hydrogens is 280 g/mol. The van der Waals surface area contributed by atoms with Crippen molar-refractivity contribution in [1.82, 2.24) is 14.9 Å². The van der Waals surface area contributed by atoms with E-state index in [1.165, 1.54) is 5.56 Å². The van der Waals surface area contributed by atoms with Crippen LogP contribution in [-0.4, -0.2) is 47.1 Å². The van der Waals surface area contributed by atoms with Crippen LogP contribution < -0.4 is 5.73 Å². The zero-order chi connectivity index (χ0) is 15.6. The molecule has 2 N–H and O–H groups in total. The number of hydrogen-bond acceptors (Lipinski definition) is 5. The van der Waals surface area contributed by atoms with E-state index in [2.05, 4.69) is 9.97 Å². The second kappa shape index (κ2) is 6.20. The molecule has 120 valence electrons. The molecule has 2 heterocycles. The van der Waals surface area contributed by atoms with Crippen LogP contribution in [0.5, 0.6) is 0 Å². The lowest BCUT2D eigenvalue weighted by atomic mass is 9.77. The molecule has 6 heteroatoms. The minimum Gasteiger partial charge on any atom is -0.381 e. The van der Waals surface area contributed by atoms with E-state index >= 15 is 0 Å². The van der Waals surface area contributed by atoms with Gasteiger partial charge in [0.1, 0.15) is 0 Å². The third-order valence-electron chi connectivity index (χ3n) is 4.85. The first kappa shape index (κ1) is 15.2. The van der Waals surface area contributed by atoms with Crippen molar-refractivity contribution < 1.29 is 9.53 Å². The molecule has 1 unspecified atom stereocenters. The van der Waals surface area contributed by atoms with Crippen LogP contribution in [0.15, 0.2) is 6.20 Å². The van der Waals surface area contributed by atoms with Crippen LogP contribution in [0.2, 0.25) is 0 Å². The van der Waals surface area contributed by atoms with Gasteiger partial charge in [-0.25, -0.2) is 9.97 Å². The van der Waals surface area contributed by atoms with Gasteiger partial charge in [-0.05, 0) is 38.2 Å². The first-order valence-corrected chi connectivity index (χ1v) is 8.12. The van der Waals surface area contributed by atoms with Gasteiger partial charge in [0.05, 0.1) is 18.7 Å². The number of nitrogens with two attached hydrogens (primary N) is 1. The maximum absolute atomic E-state index is 12.4. The zero-order valence-corrected chi connectivity index (χ0v) is 13.2. The Morgan fingerprint density at radius 3 is 3.18 bits per heavy atom. The van der Waals surface area contributed by atoms with Crippen molar-refractivity contribution in [2.75, 3.05) is 32.0 Å². The van der Waals surface area contributed by atoms with Crippen LogP contribution in [0.4, 0.5) is 5.95 Å². The molecule has 0 saturated carbocycles. The van der Waals surface area contributed by atoms with Crippen LogP contribution >= 0.6 is 0 Å². The first-order valence-electron chi connectivity index (χ1n) is 8.12. The minimum atomic E-state index is -0.0219. The summed E-state index contributed by atoms with van der Waals surface area (Å²) in [6.45, 7) is 4.69. The fourth-order valence-corrected chi connectivity index (χ4v) is 3.76. The molecule has 1 fully saturated rings. The number of ether oxygens (including phenoxy) is 1. The fourth-order valence-electron chi connectivity index (χ4n) is 3.76. The molecule has 1 atom stereocenters. The summed E-state index contributed by atoms with van der Waals surface area (Å²) < 4.78 is 5.30. The number of carbonyl (C=O) groups is 1. The Hall–Kier alpha value is -1.69. The number of hydrogen-bond donors (Lipinski definition) is 1. The Labute approximate surface area is 131 Å². The summed E-state index contributed by atoms with van der Waals surface area (Å²) in [5.41, 5.74) is 8.02. The summed E-state index contributed by atoms with van der Waals surface area (Å²) in [5.74, 6) is 0.517. The number of fused-ring (bicyclic) bond motifs is 2. The largest absolute Gasteiger partial charge is 0.381 e. The molecular formula is C16H24N4O2. The lowest BCUT2D eigenvalue weighted by molar-refractivity contribution is -0.134. The number of likely N-dealkylation sites (tertiary alicyclic amines) is 1. The highest BCUT2D eigenvalue weighted by Crippen LogP contribution is 2.44. The zero-order valence-electron chi connectivity index (χ0n) is 13.2. The molecule has 0 radical (unpaired) electrons. The summed E-state index contributed by atoms with van der Waals surface area (Å²) in [7, 11) is 0. The molecule has 1 aromatic rings. The Morgan fingerprint density at radius 2 is 2.36 bits per heavy atom. The maximum atomic E-state index is 12.4. The maximum Gasteiger partial charge on any atom is 0.224 e. The monoisotopic (exact) mass is 304 g/mol. The highest BCUT2D eigenvalue weighted by molar-refractivity contribution is 5.76. The third-order valence-corrected chi connectivity index (χ3v) is 4.85. The predicted molar refractivity (Wildman–Crippen MR) is 83.4 cm³/mol. The average Bonchev–Trinajstić information content (AvgIpc) is 2.85. The van der Waals surface area contributed by atoms with Crippen molar-refractivity contribution in [2.45, 2.75) is 44.4 Å². The lowest BCUT2D eigenvalue weighted by Gasteiger charge is -2.40. The van der Waals surface area contributed by atoms with Gasteiger partial charge < -0.3 is 15.4 Å². The van der Waals surface area contributed by atoms with E-state index in [-0.39, 0.29) is 11.3 Å². The Bertz CT molecular complexity index is 559. The van der Waals surface area contributed by atoms with Crippen LogP contribution in [0, 0.1) is 0 Å². The highest BCUT2D eigenvalue weighted by atomic mass is 16.5. The number of amides is 1. The van der Waals surface area contributed by atoms with E-state index < -0.39 is 0 Å². The number of anilines is 1. The third kappa shape index (κ3) is 2.79. The summed E-state index contributed by atoms with van der Waals surface area (Å²) in [4.78, 5) is 23.0. The number of nitrogen functional groups attached to an aromatic ring is 1. The van der Waals surface area contributed by atoms with Crippen molar-refractivity contribution in [3.8, 4) is 0 Å². The normalized spacial score (nSPS) is 23.8. The smallest absolute Gasteiger partial charge is 0.224 e. The van der Waals surface area contributed by atoms with E-state index in [0.29, 0.717) is 25.6 Å². The SMILES string of the molecule is CCOCCC(=O)N1CCCC2(CCc3cnc(N)nc32)C1. The van der Waals surface area contributed by atoms with Crippen molar-refractivity contribution in [3.63, 3.8) is 0 Å². The van der Waals surface area contributed by atoms with Gasteiger partial charge >= 0.3 is 0 Å². The van der Waals surface area contributed by atoms with Gasteiger partial charge in [0.15, 0.2) is 0 Å². The summed E-state index contributed by atoms with van der Waals surface area (Å²) in [6.07, 6.45) is 6.42. The van der Waals surface area contributed by atoms with Gasteiger partial charge in [-0.15, -0.1) is 0 Å². The number of nitrogens with zero attached hydrogens (tertiary/aromatic N) is 3. The molecule has 1 aromatic heterocycles. The van der Waals surface area contributed by atoms with Gasteiger partial charge in [0.2, 0.25) is 11.9 Å². The molecule has 1 aliphatic heterocycles. The molecule has 6 nitrogen and oxygen atoms in total. The number of piperidine rings is 1. The number of rotatable bonds is 4. The van der Waals surface area contributed by atoms with Crippen LogP contribution in [0.25, 0.3) is 0 Å². The molecule has 2 aliphatic rings. The Kier molecular flexibility index (Phi) is 4.29. The number of aromatic nitrogens is 2. The Balaban J connectivity index is 1.74. The van der Waals surface area contributed by atoms with Crippen LogP contribution in [-0.2, 0) is 21.4 Å². The van der Waals surface area contributed by atoms with Gasteiger partial charge in [0.25, 0.3) is 0 Å². The topological polar surface area (TPSA) is 81.3 Å². The summed E-state index contributed by atoms with van der Waals surface area (Å²) in [5, 5.41) is 0. The lowest BCUT2D eigenvalue weighted by Crippen LogP contribution is -2.48. The van der Waals surface area contributed by atoms with E-state index in [9.17, 15) is 4.79 Å². The van der Waals surface area contributed by atoms with Crippen molar-refractivity contribution >= 4 is 11.9 Å². The second-order valence-corrected chi connectivity index (χ2v) is 6.25. The second-order valence-electron chi connectivity index (χ2n) is 6.25. The predicted octanol–water partition coefficient (Wildman–Crippen LogP) is 1.29. The quantitative estimate of drug-likeness (QED) is 0.848. The summed E-state index contributed by atoms with van der Waals surface area (Å²) >= 11 is 0. The molecule has 0 bridgehead atoms.